The summed E-state index contributed by atoms with van der Waals surface area (Å²) in [7, 11) is 0. The van der Waals surface area contributed by atoms with E-state index in [0.717, 1.165) is 11.1 Å². The van der Waals surface area contributed by atoms with Crippen LogP contribution in [0.2, 0.25) is 10.0 Å². The van der Waals surface area contributed by atoms with Gasteiger partial charge in [0, 0.05) is 16.3 Å². The maximum absolute atomic E-state index is 12.5. The smallest absolute Gasteiger partial charge is 0.257 e. The first-order valence-corrected chi connectivity index (χ1v) is 9.41. The van der Waals surface area contributed by atoms with Crippen LogP contribution in [0.25, 0.3) is 22.6 Å². The first-order chi connectivity index (χ1) is 13.4. The van der Waals surface area contributed by atoms with Gasteiger partial charge in [0.25, 0.3) is 5.91 Å². The number of hydrogen-bond acceptors (Lipinski definition) is 3. The number of carbonyl (C=O) groups excluding carboxylic acids is 1. The zero-order valence-corrected chi connectivity index (χ0v) is 16.7. The molecule has 3 aromatic carbocycles. The molecule has 0 unspecified atom stereocenters. The minimum absolute atomic E-state index is 0.296. The summed E-state index contributed by atoms with van der Waals surface area (Å²) in [5, 5.41) is 3.60. The van der Waals surface area contributed by atoms with Gasteiger partial charge in [-0.3, -0.25) is 4.79 Å². The van der Waals surface area contributed by atoms with Gasteiger partial charge in [-0.1, -0.05) is 40.9 Å². The van der Waals surface area contributed by atoms with Gasteiger partial charge in [-0.2, -0.15) is 0 Å². The van der Waals surface area contributed by atoms with E-state index in [-0.39, 0.29) is 5.91 Å². The van der Waals surface area contributed by atoms with Crippen molar-refractivity contribution in [3.63, 3.8) is 0 Å². The number of carbonyl (C=O) groups is 1. The molecule has 1 N–H and O–H groups in total. The molecule has 0 aliphatic carbocycles. The highest BCUT2D eigenvalue weighted by molar-refractivity contribution is 6.37. The van der Waals surface area contributed by atoms with E-state index in [1.165, 1.54) is 11.6 Å². The molecule has 0 saturated heterocycles. The summed E-state index contributed by atoms with van der Waals surface area (Å²) in [6, 6.07) is 16.2. The molecule has 0 radical (unpaired) electrons. The van der Waals surface area contributed by atoms with Crippen LogP contribution in [0.15, 0.2) is 59.0 Å². The molecule has 28 heavy (non-hydrogen) atoms. The number of benzene rings is 3. The largest absolute Gasteiger partial charge is 0.436 e. The van der Waals surface area contributed by atoms with Crippen LogP contribution in [-0.2, 0) is 0 Å². The van der Waals surface area contributed by atoms with Crippen molar-refractivity contribution >= 4 is 45.9 Å². The van der Waals surface area contributed by atoms with Crippen LogP contribution >= 0.6 is 23.2 Å². The van der Waals surface area contributed by atoms with Crippen LogP contribution in [0.4, 0.5) is 5.69 Å². The number of hydrogen-bond donors (Lipinski definition) is 1. The Kier molecular flexibility index (Phi) is 4.84. The molecule has 0 spiro atoms. The Morgan fingerprint density at radius 1 is 1.00 bits per heavy atom. The molecule has 6 heteroatoms. The van der Waals surface area contributed by atoms with Crippen molar-refractivity contribution < 1.29 is 9.21 Å². The fraction of sp³-hybridized carbons (Fsp3) is 0.0909. The molecule has 0 aliphatic heterocycles. The van der Waals surface area contributed by atoms with Gasteiger partial charge in [-0.25, -0.2) is 4.98 Å². The number of nitrogens with one attached hydrogen (secondary N) is 1. The normalized spacial score (nSPS) is 11.0. The second kappa shape index (κ2) is 7.30. The van der Waals surface area contributed by atoms with Crippen LogP contribution < -0.4 is 5.32 Å². The first kappa shape index (κ1) is 18.5. The summed E-state index contributed by atoms with van der Waals surface area (Å²) in [4.78, 5) is 17.1. The minimum atomic E-state index is -0.320. The fourth-order valence-corrected chi connectivity index (χ4v) is 3.54. The zero-order valence-electron chi connectivity index (χ0n) is 15.2. The van der Waals surface area contributed by atoms with E-state index >= 15 is 0 Å². The summed E-state index contributed by atoms with van der Waals surface area (Å²) >= 11 is 12.0. The third-order valence-corrected chi connectivity index (χ3v) is 4.98. The highest BCUT2D eigenvalue weighted by Crippen LogP contribution is 2.29. The molecule has 4 rings (SSSR count). The quantitative estimate of drug-likeness (QED) is 0.410. The Bertz CT molecular complexity index is 1210. The van der Waals surface area contributed by atoms with Crippen LogP contribution in [0.5, 0.6) is 0 Å². The number of aryl methyl sites for hydroxylation is 2. The lowest BCUT2D eigenvalue weighted by atomic mass is 10.1. The average molecular weight is 411 g/mol. The molecule has 0 fully saturated rings. The van der Waals surface area contributed by atoms with Gasteiger partial charge < -0.3 is 9.73 Å². The molecule has 0 saturated carbocycles. The Balaban J connectivity index is 1.64. The molecule has 0 aliphatic rings. The number of rotatable bonds is 3. The van der Waals surface area contributed by atoms with E-state index in [0.29, 0.717) is 38.3 Å². The number of amides is 1. The zero-order chi connectivity index (χ0) is 19.8. The van der Waals surface area contributed by atoms with Gasteiger partial charge in [0.15, 0.2) is 5.58 Å². The van der Waals surface area contributed by atoms with Crippen molar-refractivity contribution in [3.05, 3.63) is 81.3 Å². The maximum Gasteiger partial charge on any atom is 0.257 e. The second-order valence-corrected chi connectivity index (χ2v) is 7.44. The van der Waals surface area contributed by atoms with Crippen molar-refractivity contribution in [2.45, 2.75) is 13.8 Å². The molecule has 4 aromatic rings. The molecule has 140 valence electrons. The third kappa shape index (κ3) is 3.61. The summed E-state index contributed by atoms with van der Waals surface area (Å²) in [5.74, 6) is 0.232. The number of nitrogens with zero attached hydrogens (tertiary/aromatic N) is 1. The number of fused-ring (bicyclic) bond motifs is 1. The highest BCUT2D eigenvalue weighted by atomic mass is 35.5. The lowest BCUT2D eigenvalue weighted by molar-refractivity contribution is 0.102. The van der Waals surface area contributed by atoms with E-state index in [4.69, 9.17) is 27.6 Å². The average Bonchev–Trinajstić information content (AvgIpc) is 3.04. The molecular formula is C22H16Cl2N2O2. The molecule has 0 bridgehead atoms. The molecule has 0 atom stereocenters. The lowest BCUT2D eigenvalue weighted by Gasteiger charge is -2.06. The van der Waals surface area contributed by atoms with E-state index in [9.17, 15) is 4.79 Å². The molecule has 1 heterocycles. The monoisotopic (exact) mass is 410 g/mol. The predicted molar refractivity (Wildman–Crippen MR) is 113 cm³/mol. The van der Waals surface area contributed by atoms with Crippen molar-refractivity contribution in [1.82, 2.24) is 4.98 Å². The van der Waals surface area contributed by atoms with E-state index in [1.54, 1.807) is 30.3 Å². The maximum atomic E-state index is 12.5. The van der Waals surface area contributed by atoms with Gasteiger partial charge in [0.1, 0.15) is 5.52 Å². The van der Waals surface area contributed by atoms with Crippen LogP contribution in [0, 0.1) is 13.8 Å². The van der Waals surface area contributed by atoms with E-state index in [2.05, 4.69) is 16.4 Å². The standard InChI is InChI=1S/C22H16Cl2N2O2/c1-12-3-6-16(13(2)9-12)22-26-19-11-15(5-8-20(19)28-22)25-21(27)17-7-4-14(23)10-18(17)24/h3-11H,1-2H3,(H,25,27). The SMILES string of the molecule is Cc1ccc(-c2nc3cc(NC(=O)c4ccc(Cl)cc4Cl)ccc3o2)c(C)c1. The Labute approximate surface area is 172 Å². The van der Waals surface area contributed by atoms with Gasteiger partial charge in [-0.15, -0.1) is 0 Å². The predicted octanol–water partition coefficient (Wildman–Crippen LogP) is 6.67. The van der Waals surface area contributed by atoms with Gasteiger partial charge in [-0.05, 0) is 61.9 Å². The Morgan fingerprint density at radius 2 is 1.82 bits per heavy atom. The molecule has 4 nitrogen and oxygen atoms in total. The summed E-state index contributed by atoms with van der Waals surface area (Å²) in [6.07, 6.45) is 0. The molecule has 1 aromatic heterocycles. The van der Waals surface area contributed by atoms with Crippen molar-refractivity contribution in [1.29, 1.82) is 0 Å². The van der Waals surface area contributed by atoms with E-state index < -0.39 is 0 Å². The van der Waals surface area contributed by atoms with Crippen LogP contribution in [0.3, 0.4) is 0 Å². The van der Waals surface area contributed by atoms with Crippen LogP contribution in [0.1, 0.15) is 21.5 Å². The number of anilines is 1. The summed E-state index contributed by atoms with van der Waals surface area (Å²) in [5.41, 5.74) is 5.49. The number of oxazole rings is 1. The van der Waals surface area contributed by atoms with Gasteiger partial charge in [0.05, 0.1) is 10.6 Å². The second-order valence-electron chi connectivity index (χ2n) is 6.60. The third-order valence-electron chi connectivity index (χ3n) is 4.43. The first-order valence-electron chi connectivity index (χ1n) is 8.65. The summed E-state index contributed by atoms with van der Waals surface area (Å²) in [6.45, 7) is 4.07. The van der Waals surface area contributed by atoms with Crippen LogP contribution in [-0.4, -0.2) is 10.9 Å². The van der Waals surface area contributed by atoms with E-state index in [1.807, 2.05) is 26.0 Å². The fourth-order valence-electron chi connectivity index (χ4n) is 3.05. The molecule has 1 amide bonds. The lowest BCUT2D eigenvalue weighted by Crippen LogP contribution is -2.12. The minimum Gasteiger partial charge on any atom is -0.436 e. The van der Waals surface area contributed by atoms with Crippen molar-refractivity contribution in [3.8, 4) is 11.5 Å². The van der Waals surface area contributed by atoms with Gasteiger partial charge in [0.2, 0.25) is 5.89 Å². The number of halogens is 2. The molecular weight excluding hydrogens is 395 g/mol. The summed E-state index contributed by atoms with van der Waals surface area (Å²) < 4.78 is 5.89. The van der Waals surface area contributed by atoms with Gasteiger partial charge >= 0.3 is 0 Å². The highest BCUT2D eigenvalue weighted by Gasteiger charge is 2.14. The van der Waals surface area contributed by atoms with Crippen molar-refractivity contribution in [2.24, 2.45) is 0 Å². The topological polar surface area (TPSA) is 55.1 Å². The Hall–Kier alpha value is -2.82. The number of aromatic nitrogens is 1. The van der Waals surface area contributed by atoms with Crippen molar-refractivity contribution in [2.75, 3.05) is 5.32 Å². The Morgan fingerprint density at radius 3 is 2.57 bits per heavy atom.